The minimum atomic E-state index is -0.358. The smallest absolute Gasteiger partial charge is 0.269 e. The van der Waals surface area contributed by atoms with Crippen LogP contribution in [0.4, 0.5) is 0 Å². The van der Waals surface area contributed by atoms with Crippen molar-refractivity contribution in [2.45, 2.75) is 25.3 Å². The van der Waals surface area contributed by atoms with E-state index in [1.165, 1.54) is 11.8 Å². The molecule has 4 rings (SSSR count). The first kappa shape index (κ1) is 21.0. The fraction of sp³-hybridized carbons (Fsp3) is 0.261. The molecule has 1 aromatic heterocycles. The first-order valence-corrected chi connectivity index (χ1v) is 11.0. The minimum absolute atomic E-state index is 0.129. The molecule has 2 N–H and O–H groups in total. The standard InChI is InChI=1S/C23H23N3O4S/c1-3-15-10-17-11-19-20(30-9-8-29-19)12-18(17)24-23(15)31-13-21(27)25-26-22(28)16-6-4-14(2)5-7-16/h4-7,10-12H,3,8-9,13H2,1-2H3,(H,25,27)(H,26,28). The number of hydrogen-bond acceptors (Lipinski definition) is 6. The summed E-state index contributed by atoms with van der Waals surface area (Å²) < 4.78 is 11.3. The molecule has 0 unspecified atom stereocenters. The van der Waals surface area contributed by atoms with Gasteiger partial charge in [-0.05, 0) is 43.2 Å². The van der Waals surface area contributed by atoms with E-state index in [2.05, 4.69) is 16.9 Å². The molecular formula is C23H23N3O4S. The average molecular weight is 438 g/mol. The van der Waals surface area contributed by atoms with Crippen molar-refractivity contribution in [3.05, 3.63) is 59.2 Å². The third-order valence-electron chi connectivity index (χ3n) is 4.87. The molecule has 0 saturated carbocycles. The zero-order valence-corrected chi connectivity index (χ0v) is 18.2. The summed E-state index contributed by atoms with van der Waals surface area (Å²) in [4.78, 5) is 29.1. The van der Waals surface area contributed by atoms with Crippen molar-refractivity contribution in [1.82, 2.24) is 15.8 Å². The van der Waals surface area contributed by atoms with Crippen molar-refractivity contribution < 1.29 is 19.1 Å². The van der Waals surface area contributed by atoms with Gasteiger partial charge in [-0.2, -0.15) is 0 Å². The summed E-state index contributed by atoms with van der Waals surface area (Å²) in [6, 6.07) is 13.0. The summed E-state index contributed by atoms with van der Waals surface area (Å²) in [5.74, 6) is 0.874. The van der Waals surface area contributed by atoms with Gasteiger partial charge in [0.15, 0.2) is 11.5 Å². The van der Waals surface area contributed by atoms with E-state index in [-0.39, 0.29) is 17.6 Å². The van der Waals surface area contributed by atoms with Gasteiger partial charge in [0.05, 0.1) is 11.3 Å². The Kier molecular flexibility index (Phi) is 6.27. The fourth-order valence-electron chi connectivity index (χ4n) is 3.19. The predicted octanol–water partition coefficient (Wildman–Crippen LogP) is 3.43. The lowest BCUT2D eigenvalue weighted by Gasteiger charge is -2.19. The van der Waals surface area contributed by atoms with E-state index < -0.39 is 0 Å². The molecule has 3 aromatic rings. The molecule has 2 heterocycles. The molecular weight excluding hydrogens is 414 g/mol. The number of rotatable bonds is 5. The Morgan fingerprint density at radius 1 is 1.03 bits per heavy atom. The van der Waals surface area contributed by atoms with Crippen LogP contribution in [0.25, 0.3) is 10.9 Å². The third kappa shape index (κ3) is 4.91. The van der Waals surface area contributed by atoms with Gasteiger partial charge in [-0.3, -0.25) is 20.4 Å². The molecule has 1 aliphatic rings. The Labute approximate surface area is 184 Å². The van der Waals surface area contributed by atoms with Crippen LogP contribution in [-0.2, 0) is 11.2 Å². The highest BCUT2D eigenvalue weighted by molar-refractivity contribution is 7.99. The predicted molar refractivity (Wildman–Crippen MR) is 120 cm³/mol. The molecule has 160 valence electrons. The van der Waals surface area contributed by atoms with E-state index in [1.54, 1.807) is 12.1 Å². The molecule has 1 aliphatic heterocycles. The first-order chi connectivity index (χ1) is 15.0. The zero-order valence-electron chi connectivity index (χ0n) is 17.4. The van der Waals surface area contributed by atoms with Crippen LogP contribution in [-0.4, -0.2) is 35.8 Å². The van der Waals surface area contributed by atoms with E-state index in [1.807, 2.05) is 38.1 Å². The van der Waals surface area contributed by atoms with Gasteiger partial charge in [-0.25, -0.2) is 4.98 Å². The minimum Gasteiger partial charge on any atom is -0.486 e. The number of thioether (sulfide) groups is 1. The molecule has 0 radical (unpaired) electrons. The highest BCUT2D eigenvalue weighted by atomic mass is 32.2. The summed E-state index contributed by atoms with van der Waals surface area (Å²) in [5, 5.41) is 1.76. The summed E-state index contributed by atoms with van der Waals surface area (Å²) in [6.07, 6.45) is 0.783. The van der Waals surface area contributed by atoms with Crippen LogP contribution < -0.4 is 20.3 Å². The summed E-state index contributed by atoms with van der Waals surface area (Å²) in [5.41, 5.74) is 8.28. The second-order valence-electron chi connectivity index (χ2n) is 7.15. The van der Waals surface area contributed by atoms with E-state index >= 15 is 0 Å². The van der Waals surface area contributed by atoms with Crippen molar-refractivity contribution >= 4 is 34.5 Å². The molecule has 31 heavy (non-hydrogen) atoms. The average Bonchev–Trinajstić information content (AvgIpc) is 2.79. The molecule has 0 fully saturated rings. The van der Waals surface area contributed by atoms with Gasteiger partial charge < -0.3 is 9.47 Å². The van der Waals surface area contributed by atoms with Crippen LogP contribution in [0.3, 0.4) is 0 Å². The molecule has 0 bridgehead atoms. The van der Waals surface area contributed by atoms with Crippen molar-refractivity contribution in [1.29, 1.82) is 0 Å². The number of nitrogens with one attached hydrogen (secondary N) is 2. The van der Waals surface area contributed by atoms with Crippen LogP contribution in [0, 0.1) is 6.92 Å². The molecule has 0 aliphatic carbocycles. The maximum absolute atomic E-state index is 12.3. The number of aromatic nitrogens is 1. The molecule has 2 aromatic carbocycles. The molecule has 0 atom stereocenters. The number of amides is 2. The number of ether oxygens (including phenoxy) is 2. The van der Waals surface area contributed by atoms with Gasteiger partial charge in [0.2, 0.25) is 5.91 Å². The number of carbonyl (C=O) groups is 2. The number of carbonyl (C=O) groups excluding carboxylic acids is 2. The number of benzene rings is 2. The zero-order chi connectivity index (χ0) is 21.8. The van der Waals surface area contributed by atoms with E-state index in [4.69, 9.17) is 14.5 Å². The Balaban J connectivity index is 1.41. The lowest BCUT2D eigenvalue weighted by atomic mass is 10.1. The number of aryl methyl sites for hydroxylation is 2. The normalized spacial score (nSPS) is 12.5. The maximum Gasteiger partial charge on any atom is 0.269 e. The van der Waals surface area contributed by atoms with Gasteiger partial charge in [0.25, 0.3) is 5.91 Å². The number of nitrogens with zero attached hydrogens (tertiary/aromatic N) is 1. The highest BCUT2D eigenvalue weighted by Crippen LogP contribution is 2.35. The van der Waals surface area contributed by atoms with E-state index in [9.17, 15) is 9.59 Å². The molecule has 8 heteroatoms. The largest absolute Gasteiger partial charge is 0.486 e. The van der Waals surface area contributed by atoms with Crippen molar-refractivity contribution in [2.75, 3.05) is 19.0 Å². The fourth-order valence-corrected chi connectivity index (χ4v) is 4.08. The molecule has 0 spiro atoms. The second kappa shape index (κ2) is 9.26. The summed E-state index contributed by atoms with van der Waals surface area (Å²) in [6.45, 7) is 5.05. The van der Waals surface area contributed by atoms with E-state index in [0.29, 0.717) is 24.5 Å². The monoisotopic (exact) mass is 437 g/mol. The van der Waals surface area contributed by atoms with Crippen LogP contribution in [0.1, 0.15) is 28.4 Å². The Morgan fingerprint density at radius 3 is 2.45 bits per heavy atom. The van der Waals surface area contributed by atoms with E-state index in [0.717, 1.165) is 39.2 Å². The topological polar surface area (TPSA) is 89.6 Å². The SMILES string of the molecule is CCc1cc2cc3c(cc2nc1SCC(=O)NNC(=O)c1ccc(C)cc1)OCCO3. The van der Waals surface area contributed by atoms with Gasteiger partial charge in [-0.1, -0.05) is 36.4 Å². The van der Waals surface area contributed by atoms with Gasteiger partial charge in [0, 0.05) is 17.0 Å². The lowest BCUT2D eigenvalue weighted by Crippen LogP contribution is -2.42. The van der Waals surface area contributed by atoms with Crippen LogP contribution >= 0.6 is 11.8 Å². The maximum atomic E-state index is 12.3. The third-order valence-corrected chi connectivity index (χ3v) is 5.90. The van der Waals surface area contributed by atoms with Gasteiger partial charge in [-0.15, -0.1) is 0 Å². The highest BCUT2D eigenvalue weighted by Gasteiger charge is 2.16. The molecule has 0 saturated heterocycles. The van der Waals surface area contributed by atoms with Crippen molar-refractivity contribution in [2.24, 2.45) is 0 Å². The lowest BCUT2D eigenvalue weighted by molar-refractivity contribution is -0.119. The van der Waals surface area contributed by atoms with Crippen molar-refractivity contribution in [3.63, 3.8) is 0 Å². The molecule has 2 amide bonds. The quantitative estimate of drug-likeness (QED) is 0.470. The Hall–Kier alpha value is -3.26. The number of hydrazine groups is 1. The van der Waals surface area contributed by atoms with Gasteiger partial charge in [0.1, 0.15) is 18.2 Å². The summed E-state index contributed by atoms with van der Waals surface area (Å²) in [7, 11) is 0. The second-order valence-corrected chi connectivity index (χ2v) is 8.12. The van der Waals surface area contributed by atoms with Crippen LogP contribution in [0.15, 0.2) is 47.5 Å². The Bertz CT molecular complexity index is 1130. The van der Waals surface area contributed by atoms with Crippen LogP contribution in [0.2, 0.25) is 0 Å². The Morgan fingerprint density at radius 2 is 1.74 bits per heavy atom. The number of hydrogen-bond donors (Lipinski definition) is 2. The van der Waals surface area contributed by atoms with Gasteiger partial charge >= 0.3 is 0 Å². The summed E-state index contributed by atoms with van der Waals surface area (Å²) >= 11 is 1.33. The van der Waals surface area contributed by atoms with Crippen LogP contribution in [0.5, 0.6) is 11.5 Å². The molecule has 7 nitrogen and oxygen atoms in total. The number of pyridine rings is 1. The number of fused-ring (bicyclic) bond motifs is 2. The van der Waals surface area contributed by atoms with Crippen molar-refractivity contribution in [3.8, 4) is 11.5 Å². The first-order valence-electron chi connectivity index (χ1n) is 10.1.